The quantitative estimate of drug-likeness (QED) is 0.0358. The van der Waals surface area contributed by atoms with Gasteiger partial charge in [-0.15, -0.1) is 0 Å². The monoisotopic (exact) mass is 812 g/mol. The van der Waals surface area contributed by atoms with Gasteiger partial charge in [-0.3, -0.25) is 14.4 Å². The van der Waals surface area contributed by atoms with Crippen LogP contribution in [0.4, 0.5) is 0 Å². The van der Waals surface area contributed by atoms with Crippen LogP contribution >= 0.6 is 35.3 Å². The number of ether oxygens (including phenoxy) is 7. The Hall–Kier alpha value is -3.07. The number of aliphatic hydroxyl groups is 3. The zero-order chi connectivity index (χ0) is 39.8. The minimum atomic E-state index is -1.52. The van der Waals surface area contributed by atoms with E-state index in [0.29, 0.717) is 34.5 Å². The highest BCUT2D eigenvalue weighted by Crippen LogP contribution is 2.26. The fourth-order valence-corrected chi connectivity index (χ4v) is 5.65. The fourth-order valence-electron chi connectivity index (χ4n) is 3.72. The van der Waals surface area contributed by atoms with Crippen molar-refractivity contribution in [3.05, 3.63) is 38.0 Å². The largest absolute Gasteiger partial charge is 0.465 e. The van der Waals surface area contributed by atoms with Gasteiger partial charge in [-0.1, -0.05) is 19.7 Å². The van der Waals surface area contributed by atoms with Crippen LogP contribution in [0, 0.1) is 10.8 Å². The minimum Gasteiger partial charge on any atom is -0.465 e. The van der Waals surface area contributed by atoms with Crippen LogP contribution in [-0.4, -0.2) is 158 Å². The number of hydrogen-bond acceptors (Lipinski definition) is 19. The molecule has 0 aliphatic rings. The molecule has 0 saturated heterocycles. The second-order valence-electron chi connectivity index (χ2n) is 11.2. The third-order valence-electron chi connectivity index (χ3n) is 6.55. The number of thioether (sulfide) groups is 3. The van der Waals surface area contributed by atoms with E-state index in [1.165, 1.54) is 35.3 Å². The van der Waals surface area contributed by atoms with Gasteiger partial charge in [0.05, 0.1) is 63.1 Å². The van der Waals surface area contributed by atoms with Gasteiger partial charge in [-0.2, -0.15) is 35.3 Å². The molecule has 302 valence electrons. The van der Waals surface area contributed by atoms with E-state index in [0.717, 1.165) is 18.2 Å². The van der Waals surface area contributed by atoms with Crippen molar-refractivity contribution in [2.75, 3.05) is 107 Å². The molecule has 53 heavy (non-hydrogen) atoms. The molecule has 0 saturated carbocycles. The molecule has 16 nitrogen and oxygen atoms in total. The van der Waals surface area contributed by atoms with Gasteiger partial charge >= 0.3 is 35.8 Å². The molecule has 0 atom stereocenters. The van der Waals surface area contributed by atoms with E-state index in [2.05, 4.69) is 19.7 Å². The number of hydrogen-bond donors (Lipinski definition) is 3. The lowest BCUT2D eigenvalue weighted by atomic mass is 9.90. The lowest BCUT2D eigenvalue weighted by Crippen LogP contribution is -2.47. The summed E-state index contributed by atoms with van der Waals surface area (Å²) in [6.45, 7) is 6.21. The summed E-state index contributed by atoms with van der Waals surface area (Å²) >= 11 is 3.99. The summed E-state index contributed by atoms with van der Waals surface area (Å²) in [5.41, 5.74) is -3.03. The van der Waals surface area contributed by atoms with Crippen LogP contribution < -0.4 is 0 Å². The lowest BCUT2D eigenvalue weighted by molar-refractivity contribution is -0.172. The number of carbonyl (C=O) groups is 6. The molecule has 0 aliphatic carbocycles. The highest BCUT2D eigenvalue weighted by molar-refractivity contribution is 7.99. The summed E-state index contributed by atoms with van der Waals surface area (Å²) < 4.78 is 38.5. The van der Waals surface area contributed by atoms with Crippen LogP contribution in [0.5, 0.6) is 0 Å². The number of esters is 6. The molecule has 0 fully saturated rings. The predicted molar refractivity (Wildman–Crippen MR) is 199 cm³/mol. The van der Waals surface area contributed by atoms with Crippen LogP contribution in [0.3, 0.4) is 0 Å². The number of rotatable bonds is 34. The summed E-state index contributed by atoms with van der Waals surface area (Å²) in [4.78, 5) is 74.3. The molecule has 0 amide bonds. The average molecular weight is 813 g/mol. The molecule has 3 N–H and O–H groups in total. The highest BCUT2D eigenvalue weighted by atomic mass is 32.2. The second kappa shape index (κ2) is 31.3. The second-order valence-corrected chi connectivity index (χ2v) is 14.8. The first-order chi connectivity index (χ1) is 25.4. The zero-order valence-corrected chi connectivity index (χ0v) is 32.3. The summed E-state index contributed by atoms with van der Waals surface area (Å²) in [7, 11) is 0. The molecule has 0 unspecified atom stereocenters. The van der Waals surface area contributed by atoms with E-state index in [1.807, 2.05) is 0 Å². The van der Waals surface area contributed by atoms with E-state index in [-0.39, 0.29) is 39.1 Å². The Morgan fingerprint density at radius 2 is 0.698 bits per heavy atom. The maximum atomic E-state index is 12.7. The van der Waals surface area contributed by atoms with Crippen molar-refractivity contribution in [1.29, 1.82) is 0 Å². The standard InChI is InChI=1S/C34H52O16S3/c1-4-27(38)45-21-33(22-46-28(39)5-2,24-48-30(41)7-13-51-16-10-35)19-44-20-34(23-47-29(40)6-3,25-49-31(42)8-14-52-17-11-36)26-50-32(43)9-15-53-18-12-37/h4-6,35-37H,1-3,7-26H2. The smallest absolute Gasteiger partial charge is 0.330 e. The fraction of sp³-hybridized carbons (Fsp3) is 0.647. The first-order valence-electron chi connectivity index (χ1n) is 16.4. The molecule has 0 bridgehead atoms. The minimum absolute atomic E-state index is 0.0216. The zero-order valence-electron chi connectivity index (χ0n) is 29.9. The molecular formula is C34H52O16S3. The molecule has 0 aromatic rings. The Kier molecular flexibility index (Phi) is 29.5. The summed E-state index contributed by atoms with van der Waals surface area (Å²) in [6, 6.07) is 0. The molecule has 0 aliphatic heterocycles. The van der Waals surface area contributed by atoms with Gasteiger partial charge in [0, 0.05) is 52.7 Å². The van der Waals surface area contributed by atoms with Gasteiger partial charge in [0.15, 0.2) is 0 Å². The number of carbonyl (C=O) groups excluding carboxylic acids is 6. The van der Waals surface area contributed by atoms with Crippen molar-refractivity contribution in [3.8, 4) is 0 Å². The van der Waals surface area contributed by atoms with Crippen LogP contribution in [0.1, 0.15) is 19.3 Å². The summed E-state index contributed by atoms with van der Waals surface area (Å²) in [6.07, 6.45) is 2.64. The van der Waals surface area contributed by atoms with Crippen molar-refractivity contribution < 1.29 is 77.2 Å². The van der Waals surface area contributed by atoms with Crippen molar-refractivity contribution in [2.24, 2.45) is 10.8 Å². The first kappa shape index (κ1) is 49.9. The first-order valence-corrected chi connectivity index (χ1v) is 19.9. The SMILES string of the molecule is C=CC(=O)OCC(COCC(COC(=O)C=C)(COC(=O)CCSCCO)COC(=O)CCSCCO)(COC(=O)C=C)COC(=O)CCSCCO. The van der Waals surface area contributed by atoms with Gasteiger partial charge in [0.25, 0.3) is 0 Å². The maximum absolute atomic E-state index is 12.7. The van der Waals surface area contributed by atoms with Crippen molar-refractivity contribution in [3.63, 3.8) is 0 Å². The van der Waals surface area contributed by atoms with Crippen molar-refractivity contribution in [2.45, 2.75) is 19.3 Å². The third-order valence-corrected chi connectivity index (χ3v) is 9.45. The van der Waals surface area contributed by atoms with Crippen LogP contribution in [-0.2, 0) is 61.9 Å². The van der Waals surface area contributed by atoms with Gasteiger partial charge in [-0.05, 0) is 0 Å². The summed E-state index contributed by atoms with van der Waals surface area (Å²) in [5.74, 6) is -2.11. The van der Waals surface area contributed by atoms with Crippen LogP contribution in [0.15, 0.2) is 38.0 Å². The van der Waals surface area contributed by atoms with E-state index in [1.54, 1.807) is 0 Å². The van der Waals surface area contributed by atoms with Gasteiger partial charge in [-0.25, -0.2) is 14.4 Å². The Balaban J connectivity index is 6.44. The molecule has 0 radical (unpaired) electrons. The van der Waals surface area contributed by atoms with Gasteiger partial charge in [0.2, 0.25) is 0 Å². The maximum Gasteiger partial charge on any atom is 0.330 e. The predicted octanol–water partition coefficient (Wildman–Crippen LogP) is 1.14. The van der Waals surface area contributed by atoms with E-state index in [9.17, 15) is 28.8 Å². The van der Waals surface area contributed by atoms with E-state index >= 15 is 0 Å². The lowest BCUT2D eigenvalue weighted by Gasteiger charge is -2.35. The van der Waals surface area contributed by atoms with Gasteiger partial charge < -0.3 is 48.5 Å². The molecule has 0 rings (SSSR count). The highest BCUT2D eigenvalue weighted by Gasteiger charge is 2.40. The molecule has 0 heterocycles. The third kappa shape index (κ3) is 25.6. The van der Waals surface area contributed by atoms with Crippen LogP contribution in [0.2, 0.25) is 0 Å². The Morgan fingerprint density at radius 3 is 0.943 bits per heavy atom. The summed E-state index contributed by atoms with van der Waals surface area (Å²) in [5, 5.41) is 27.0. The van der Waals surface area contributed by atoms with E-state index in [4.69, 9.17) is 48.5 Å². The Labute approximate surface area is 322 Å². The molecule has 0 aromatic carbocycles. The van der Waals surface area contributed by atoms with Crippen molar-refractivity contribution >= 4 is 71.1 Å². The Bertz CT molecular complexity index is 1100. The molecular weight excluding hydrogens is 761 g/mol. The average Bonchev–Trinajstić information content (AvgIpc) is 3.17. The normalized spacial score (nSPS) is 11.2. The molecule has 19 heteroatoms. The van der Waals surface area contributed by atoms with Gasteiger partial charge in [0.1, 0.15) is 39.6 Å². The molecule has 0 spiro atoms. The molecule has 0 aromatic heterocycles. The van der Waals surface area contributed by atoms with Crippen LogP contribution in [0.25, 0.3) is 0 Å². The number of aliphatic hydroxyl groups excluding tert-OH is 3. The Morgan fingerprint density at radius 1 is 0.434 bits per heavy atom. The van der Waals surface area contributed by atoms with Crippen molar-refractivity contribution in [1.82, 2.24) is 0 Å². The van der Waals surface area contributed by atoms with E-state index < -0.39 is 99.5 Å². The topological polar surface area (TPSA) is 228 Å².